The van der Waals surface area contributed by atoms with Crippen molar-refractivity contribution in [3.05, 3.63) is 128 Å². The quantitative estimate of drug-likeness (QED) is 0.0454. The van der Waals surface area contributed by atoms with Gasteiger partial charge >= 0.3 is 0 Å². The molecule has 4 heteroatoms. The molecule has 0 saturated heterocycles. The fraction of sp³-hybridized carbons (Fsp3) is 0.500. The number of allylic oxidation sites excluding steroid dienone is 4. The normalized spacial score (nSPS) is 12.6. The molecule has 0 amide bonds. The van der Waals surface area contributed by atoms with Crippen molar-refractivity contribution in [3.63, 3.8) is 0 Å². The Morgan fingerprint density at radius 3 is 0.750 bits per heavy atom. The minimum Gasteiger partial charge on any atom is -0.494 e. The van der Waals surface area contributed by atoms with Gasteiger partial charge in [-0.15, -0.1) is 0 Å². The van der Waals surface area contributed by atoms with Crippen molar-refractivity contribution in [1.82, 2.24) is 0 Å². The van der Waals surface area contributed by atoms with Crippen LogP contribution < -0.4 is 9.47 Å². The van der Waals surface area contributed by atoms with Crippen molar-refractivity contribution in [3.8, 4) is 11.5 Å². The summed E-state index contributed by atoms with van der Waals surface area (Å²) in [6, 6.07) is 35.1. The van der Waals surface area contributed by atoms with E-state index in [9.17, 15) is 0 Å². The predicted octanol–water partition coefficient (Wildman–Crippen LogP) is 18.9. The van der Waals surface area contributed by atoms with E-state index in [0.717, 1.165) is 46.5 Å². The van der Waals surface area contributed by atoms with Crippen LogP contribution in [0.1, 0.15) is 190 Å². The standard InChI is InChI=1S/C56H74Br2O2/c1-3-5-7-9-11-13-15-17-19-21-23-25-43-59-51-39-31-47(32-40-51)55-53(45-27-35-49(57)36-28-45)54(46-29-37-50(58)38-30-46)56(55)48-33-41-52(42-34-48)60-44-26-24-22-20-18-16-14-12-10-8-6-4-2/h27-42H,3-26,43-44H2,1-2H3. The molecule has 4 aromatic rings. The van der Waals surface area contributed by atoms with Crippen LogP contribution in [0.3, 0.4) is 0 Å². The second-order valence-electron chi connectivity index (χ2n) is 17.0. The lowest BCUT2D eigenvalue weighted by Gasteiger charge is -2.33. The van der Waals surface area contributed by atoms with Gasteiger partial charge in [0.25, 0.3) is 0 Å². The fourth-order valence-electron chi connectivity index (χ4n) is 8.53. The van der Waals surface area contributed by atoms with Gasteiger partial charge in [-0.05, 0) is 106 Å². The largest absolute Gasteiger partial charge is 0.494 e. The van der Waals surface area contributed by atoms with Gasteiger partial charge < -0.3 is 9.47 Å². The molecule has 0 radical (unpaired) electrons. The molecule has 60 heavy (non-hydrogen) atoms. The van der Waals surface area contributed by atoms with Crippen LogP contribution in [0.4, 0.5) is 0 Å². The molecule has 0 atom stereocenters. The second kappa shape index (κ2) is 28.5. The maximum Gasteiger partial charge on any atom is 0.119 e. The highest BCUT2D eigenvalue weighted by molar-refractivity contribution is 9.10. The summed E-state index contributed by atoms with van der Waals surface area (Å²) in [5.41, 5.74) is 9.92. The zero-order chi connectivity index (χ0) is 42.0. The molecule has 324 valence electrons. The summed E-state index contributed by atoms with van der Waals surface area (Å²) < 4.78 is 14.7. The molecule has 0 fully saturated rings. The lowest BCUT2D eigenvalue weighted by molar-refractivity contribution is 0.304. The highest BCUT2D eigenvalue weighted by Gasteiger charge is 2.33. The fourth-order valence-corrected chi connectivity index (χ4v) is 9.06. The van der Waals surface area contributed by atoms with Gasteiger partial charge in [-0.1, -0.05) is 235 Å². The van der Waals surface area contributed by atoms with E-state index in [1.54, 1.807) is 0 Å². The lowest BCUT2D eigenvalue weighted by Crippen LogP contribution is -2.10. The van der Waals surface area contributed by atoms with Crippen LogP contribution in [0, 0.1) is 0 Å². The van der Waals surface area contributed by atoms with Crippen molar-refractivity contribution in [2.24, 2.45) is 0 Å². The van der Waals surface area contributed by atoms with Gasteiger partial charge in [0.2, 0.25) is 0 Å². The average Bonchev–Trinajstić information content (AvgIpc) is 3.26. The molecule has 1 aliphatic carbocycles. The monoisotopic (exact) mass is 936 g/mol. The van der Waals surface area contributed by atoms with Crippen LogP contribution in [0.25, 0.3) is 22.3 Å². The maximum absolute atomic E-state index is 6.27. The Labute approximate surface area is 382 Å². The first-order chi connectivity index (χ1) is 29.6. The molecule has 0 heterocycles. The molecule has 0 aliphatic heterocycles. The molecule has 4 aromatic carbocycles. The molecule has 2 nitrogen and oxygen atoms in total. The van der Waals surface area contributed by atoms with Gasteiger partial charge in [0, 0.05) is 8.95 Å². The van der Waals surface area contributed by atoms with Crippen LogP contribution >= 0.6 is 31.9 Å². The molecule has 0 N–H and O–H groups in total. The highest BCUT2D eigenvalue weighted by atomic mass is 79.9. The number of unbranched alkanes of at least 4 members (excludes halogenated alkanes) is 22. The van der Waals surface area contributed by atoms with E-state index >= 15 is 0 Å². The second-order valence-corrected chi connectivity index (χ2v) is 18.9. The minimum atomic E-state index is 0.774. The topological polar surface area (TPSA) is 18.5 Å². The van der Waals surface area contributed by atoms with E-state index in [1.165, 1.54) is 186 Å². The Hall–Kier alpha value is -3.08. The average molecular weight is 939 g/mol. The minimum absolute atomic E-state index is 0.774. The number of ether oxygens (including phenoxy) is 2. The van der Waals surface area contributed by atoms with Gasteiger partial charge in [-0.3, -0.25) is 0 Å². The maximum atomic E-state index is 6.27. The number of benzene rings is 4. The van der Waals surface area contributed by atoms with Crippen molar-refractivity contribution in [2.45, 2.75) is 168 Å². The molecule has 5 rings (SSSR count). The van der Waals surface area contributed by atoms with Gasteiger partial charge in [-0.25, -0.2) is 0 Å². The van der Waals surface area contributed by atoms with E-state index < -0.39 is 0 Å². The van der Waals surface area contributed by atoms with Crippen LogP contribution in [0.5, 0.6) is 11.5 Å². The van der Waals surface area contributed by atoms with Crippen molar-refractivity contribution >= 4 is 54.2 Å². The summed E-state index contributed by atoms with van der Waals surface area (Å²) in [6.45, 7) is 6.13. The van der Waals surface area contributed by atoms with E-state index in [-0.39, 0.29) is 0 Å². The summed E-state index contributed by atoms with van der Waals surface area (Å²) in [5, 5.41) is 0. The zero-order valence-corrected chi connectivity index (χ0v) is 40.4. The van der Waals surface area contributed by atoms with Gasteiger partial charge in [0.05, 0.1) is 13.2 Å². The Bertz CT molecular complexity index is 1690. The summed E-state index contributed by atoms with van der Waals surface area (Å²) in [6.07, 6.45) is 32.4. The Morgan fingerprint density at radius 1 is 0.283 bits per heavy atom. The Kier molecular flexibility index (Phi) is 22.8. The smallest absolute Gasteiger partial charge is 0.119 e. The third-order valence-corrected chi connectivity index (χ3v) is 13.1. The highest BCUT2D eigenvalue weighted by Crippen LogP contribution is 2.56. The van der Waals surface area contributed by atoms with Gasteiger partial charge in [-0.2, -0.15) is 0 Å². The van der Waals surface area contributed by atoms with Crippen LogP contribution in [0.15, 0.2) is 106 Å². The Balaban J connectivity index is 1.18. The molecular weight excluding hydrogens is 864 g/mol. The summed E-state index contributed by atoms with van der Waals surface area (Å²) in [4.78, 5) is 0. The molecule has 0 bridgehead atoms. The van der Waals surface area contributed by atoms with Gasteiger partial charge in [0.15, 0.2) is 0 Å². The number of hydrogen-bond acceptors (Lipinski definition) is 2. The molecule has 1 aliphatic rings. The van der Waals surface area contributed by atoms with E-state index in [0.29, 0.717) is 0 Å². The third-order valence-electron chi connectivity index (χ3n) is 12.1. The van der Waals surface area contributed by atoms with Crippen molar-refractivity contribution in [1.29, 1.82) is 0 Å². The van der Waals surface area contributed by atoms with Gasteiger partial charge in [0.1, 0.15) is 11.5 Å². The van der Waals surface area contributed by atoms with E-state index in [4.69, 9.17) is 9.47 Å². The third kappa shape index (κ3) is 16.3. The van der Waals surface area contributed by atoms with Crippen LogP contribution in [-0.2, 0) is 0 Å². The van der Waals surface area contributed by atoms with E-state index in [1.807, 2.05) is 0 Å². The Morgan fingerprint density at radius 2 is 0.500 bits per heavy atom. The van der Waals surface area contributed by atoms with E-state index in [2.05, 4.69) is 143 Å². The number of hydrogen-bond donors (Lipinski definition) is 0. The zero-order valence-electron chi connectivity index (χ0n) is 37.2. The van der Waals surface area contributed by atoms with Crippen LogP contribution in [0.2, 0.25) is 0 Å². The number of rotatable bonds is 32. The lowest BCUT2D eigenvalue weighted by atomic mass is 9.69. The molecule has 0 spiro atoms. The first-order valence-electron chi connectivity index (χ1n) is 24.1. The van der Waals surface area contributed by atoms with Crippen LogP contribution in [-0.4, -0.2) is 13.2 Å². The molecular formula is C56H74Br2O2. The van der Waals surface area contributed by atoms with Crippen molar-refractivity contribution < 1.29 is 9.47 Å². The summed E-state index contributed by atoms with van der Waals surface area (Å²) in [5.74, 6) is 1.89. The first-order valence-corrected chi connectivity index (χ1v) is 25.6. The SMILES string of the molecule is CCCCCCCCCCCCCCOc1ccc(C2=C(c3ccc(OCCCCCCCCCCCCCC)cc3)C(c3ccc(Br)cc3)=C2c2ccc(Br)cc2)cc1. The molecule has 0 unspecified atom stereocenters. The predicted molar refractivity (Wildman–Crippen MR) is 268 cm³/mol. The molecule has 0 aromatic heterocycles. The number of halogens is 2. The summed E-state index contributed by atoms with van der Waals surface area (Å²) in [7, 11) is 0. The van der Waals surface area contributed by atoms with Crippen molar-refractivity contribution in [2.75, 3.05) is 13.2 Å². The first kappa shape index (κ1) is 48.0. The summed E-state index contributed by atoms with van der Waals surface area (Å²) >= 11 is 7.34. The molecule has 0 saturated carbocycles.